The van der Waals surface area contributed by atoms with Gasteiger partial charge in [0.15, 0.2) is 0 Å². The van der Waals surface area contributed by atoms with E-state index in [1.807, 2.05) is 23.8 Å². The highest BCUT2D eigenvalue weighted by Crippen LogP contribution is 2.30. The van der Waals surface area contributed by atoms with Gasteiger partial charge < -0.3 is 20.3 Å². The van der Waals surface area contributed by atoms with Crippen LogP contribution in [-0.2, 0) is 4.74 Å². The Balaban J connectivity index is 1.44. The summed E-state index contributed by atoms with van der Waals surface area (Å²) in [5.41, 5.74) is 3.19. The molecule has 2 saturated carbocycles. The van der Waals surface area contributed by atoms with Gasteiger partial charge in [-0.3, -0.25) is 4.98 Å². The summed E-state index contributed by atoms with van der Waals surface area (Å²) in [7, 11) is 1.38. The molecule has 2 amide bonds. The average Bonchev–Trinajstić information content (AvgIpc) is 3.43. The van der Waals surface area contributed by atoms with Crippen LogP contribution in [0.15, 0.2) is 36.0 Å². The molecule has 1 heterocycles. The number of hydrogen-bond donors (Lipinski definition) is 2. The van der Waals surface area contributed by atoms with Crippen LogP contribution in [0.4, 0.5) is 10.5 Å². The Labute approximate surface area is 206 Å². The number of urea groups is 1. The Morgan fingerprint density at radius 2 is 1.65 bits per heavy atom. The number of hydrogen-bond acceptors (Lipinski definition) is 6. The standard InChI is InChI=1S/C26H36N4O3S/c1-33-25(31)19-12-14-20(15-13-19)29-23(24-17-27-18-34-24)16-28-26(32)30(21-8-4-2-5-9-21)22-10-6-3-7-11-22/h12-15,17-18,21-23,29H,2-11,16H2,1H3,(H,28,32). The lowest BCUT2D eigenvalue weighted by molar-refractivity contribution is 0.0600. The molecule has 0 radical (unpaired) electrons. The maximum Gasteiger partial charge on any atom is 0.337 e. The molecule has 34 heavy (non-hydrogen) atoms. The van der Waals surface area contributed by atoms with Crippen LogP contribution in [0.25, 0.3) is 0 Å². The maximum absolute atomic E-state index is 13.5. The molecule has 2 fully saturated rings. The molecule has 1 atom stereocenters. The number of benzene rings is 1. The molecule has 2 aromatic rings. The smallest absolute Gasteiger partial charge is 0.337 e. The van der Waals surface area contributed by atoms with Crippen LogP contribution < -0.4 is 10.6 Å². The van der Waals surface area contributed by atoms with Crippen LogP contribution in [0, 0.1) is 0 Å². The van der Waals surface area contributed by atoms with Crippen LogP contribution in [-0.4, -0.2) is 47.6 Å². The molecule has 0 spiro atoms. The number of nitrogens with zero attached hydrogens (tertiary/aromatic N) is 2. The largest absolute Gasteiger partial charge is 0.465 e. The van der Waals surface area contributed by atoms with Crippen LogP contribution >= 0.6 is 11.3 Å². The van der Waals surface area contributed by atoms with Crippen LogP contribution in [0.5, 0.6) is 0 Å². The zero-order valence-electron chi connectivity index (χ0n) is 20.0. The number of nitrogens with one attached hydrogen (secondary N) is 2. The first-order chi connectivity index (χ1) is 16.7. The summed E-state index contributed by atoms with van der Waals surface area (Å²) in [6, 6.07) is 7.87. The van der Waals surface area contributed by atoms with E-state index in [1.165, 1.54) is 45.6 Å². The van der Waals surface area contributed by atoms with Gasteiger partial charge in [-0.05, 0) is 49.9 Å². The van der Waals surface area contributed by atoms with Gasteiger partial charge in [0.1, 0.15) is 0 Å². The third kappa shape index (κ3) is 6.29. The summed E-state index contributed by atoms with van der Waals surface area (Å²) in [5, 5.41) is 6.76. The molecule has 8 heteroatoms. The fraction of sp³-hybridized carbons (Fsp3) is 0.577. The molecule has 1 aromatic carbocycles. The van der Waals surface area contributed by atoms with Gasteiger partial charge in [0.25, 0.3) is 0 Å². The zero-order valence-corrected chi connectivity index (χ0v) is 20.8. The quantitative estimate of drug-likeness (QED) is 0.466. The van der Waals surface area contributed by atoms with E-state index >= 15 is 0 Å². The molecule has 2 aliphatic carbocycles. The lowest BCUT2D eigenvalue weighted by atomic mass is 9.89. The number of esters is 1. The van der Waals surface area contributed by atoms with Crippen LogP contribution in [0.2, 0.25) is 0 Å². The number of carbonyl (C=O) groups is 2. The SMILES string of the molecule is COC(=O)c1ccc(NC(CNC(=O)N(C2CCCCC2)C2CCCCC2)c2cncs2)cc1. The van der Waals surface area contributed by atoms with E-state index in [0.717, 1.165) is 36.2 Å². The van der Waals surface area contributed by atoms with Crippen molar-refractivity contribution >= 4 is 29.0 Å². The molecule has 7 nitrogen and oxygen atoms in total. The Bertz CT molecular complexity index is 889. The number of anilines is 1. The van der Waals surface area contributed by atoms with E-state index in [1.54, 1.807) is 23.5 Å². The normalized spacial score (nSPS) is 18.1. The molecule has 4 rings (SSSR count). The third-order valence-electron chi connectivity index (χ3n) is 7.07. The molecule has 1 unspecified atom stereocenters. The van der Waals surface area contributed by atoms with Gasteiger partial charge in [-0.2, -0.15) is 0 Å². The molecule has 1 aromatic heterocycles. The minimum atomic E-state index is -0.358. The number of ether oxygens (including phenoxy) is 1. The number of amides is 2. The van der Waals surface area contributed by atoms with Crippen molar-refractivity contribution in [3.8, 4) is 0 Å². The second kappa shape index (κ2) is 12.2. The first kappa shape index (κ1) is 24.5. The average molecular weight is 485 g/mol. The fourth-order valence-electron chi connectivity index (χ4n) is 5.27. The Kier molecular flexibility index (Phi) is 8.79. The second-order valence-electron chi connectivity index (χ2n) is 9.35. The second-order valence-corrected chi connectivity index (χ2v) is 10.3. The highest BCUT2D eigenvalue weighted by Gasteiger charge is 2.32. The summed E-state index contributed by atoms with van der Waals surface area (Å²) in [6.07, 6.45) is 13.7. The Morgan fingerprint density at radius 3 is 2.18 bits per heavy atom. The zero-order chi connectivity index (χ0) is 23.8. The van der Waals surface area contributed by atoms with Crippen molar-refractivity contribution in [3.63, 3.8) is 0 Å². The van der Waals surface area contributed by atoms with E-state index in [9.17, 15) is 9.59 Å². The van der Waals surface area contributed by atoms with Gasteiger partial charge in [-0.25, -0.2) is 9.59 Å². The van der Waals surface area contributed by atoms with E-state index in [-0.39, 0.29) is 18.0 Å². The van der Waals surface area contributed by atoms with Gasteiger partial charge in [0.05, 0.1) is 24.2 Å². The van der Waals surface area contributed by atoms with E-state index in [0.29, 0.717) is 24.2 Å². The number of thiazole rings is 1. The molecular formula is C26H36N4O3S. The monoisotopic (exact) mass is 484 g/mol. The molecule has 0 aliphatic heterocycles. The highest BCUT2D eigenvalue weighted by molar-refractivity contribution is 7.09. The van der Waals surface area contributed by atoms with Crippen molar-refractivity contribution in [2.45, 2.75) is 82.3 Å². The fourth-order valence-corrected chi connectivity index (χ4v) is 5.94. The number of aromatic nitrogens is 1. The van der Waals surface area contributed by atoms with Gasteiger partial charge >= 0.3 is 12.0 Å². The molecule has 184 valence electrons. The van der Waals surface area contributed by atoms with Gasteiger partial charge in [0.2, 0.25) is 0 Å². The molecule has 2 aliphatic rings. The number of carbonyl (C=O) groups excluding carboxylic acids is 2. The molecule has 0 bridgehead atoms. The first-order valence-electron chi connectivity index (χ1n) is 12.5. The summed E-state index contributed by atoms with van der Waals surface area (Å²) in [6.45, 7) is 0.468. The summed E-state index contributed by atoms with van der Waals surface area (Å²) in [4.78, 5) is 32.8. The van der Waals surface area contributed by atoms with Gasteiger partial charge in [-0.1, -0.05) is 38.5 Å². The van der Waals surface area contributed by atoms with E-state index in [2.05, 4.69) is 20.5 Å². The lowest BCUT2D eigenvalue weighted by Crippen LogP contribution is -2.53. The van der Waals surface area contributed by atoms with Crippen molar-refractivity contribution in [2.75, 3.05) is 19.0 Å². The van der Waals surface area contributed by atoms with Crippen molar-refractivity contribution < 1.29 is 14.3 Å². The first-order valence-corrected chi connectivity index (χ1v) is 13.4. The van der Waals surface area contributed by atoms with Gasteiger partial charge in [-0.15, -0.1) is 11.3 Å². The van der Waals surface area contributed by atoms with Crippen molar-refractivity contribution in [1.82, 2.24) is 15.2 Å². The van der Waals surface area contributed by atoms with Crippen molar-refractivity contribution in [1.29, 1.82) is 0 Å². The summed E-state index contributed by atoms with van der Waals surface area (Å²) in [5.74, 6) is -0.358. The maximum atomic E-state index is 13.5. The Morgan fingerprint density at radius 1 is 1.03 bits per heavy atom. The summed E-state index contributed by atoms with van der Waals surface area (Å²) < 4.78 is 4.79. The minimum Gasteiger partial charge on any atom is -0.465 e. The predicted octanol–water partition coefficient (Wildman–Crippen LogP) is 5.76. The Hall–Kier alpha value is -2.61. The number of methoxy groups -OCH3 is 1. The highest BCUT2D eigenvalue weighted by atomic mass is 32.1. The van der Waals surface area contributed by atoms with Crippen molar-refractivity contribution in [2.24, 2.45) is 0 Å². The van der Waals surface area contributed by atoms with Crippen molar-refractivity contribution in [3.05, 3.63) is 46.4 Å². The number of rotatable bonds is 8. The molecule has 2 N–H and O–H groups in total. The summed E-state index contributed by atoms with van der Waals surface area (Å²) >= 11 is 1.57. The van der Waals surface area contributed by atoms with Gasteiger partial charge in [0, 0.05) is 35.4 Å². The topological polar surface area (TPSA) is 83.6 Å². The minimum absolute atomic E-state index is 0.0659. The molecule has 0 saturated heterocycles. The van der Waals surface area contributed by atoms with Crippen LogP contribution in [0.1, 0.15) is 85.5 Å². The molecular weight excluding hydrogens is 448 g/mol. The van der Waals surface area contributed by atoms with E-state index in [4.69, 9.17) is 4.74 Å². The van der Waals surface area contributed by atoms with E-state index < -0.39 is 0 Å². The predicted molar refractivity (Wildman–Crippen MR) is 135 cm³/mol. The lowest BCUT2D eigenvalue weighted by Gasteiger charge is -2.41. The van der Waals surface area contributed by atoms with Crippen LogP contribution in [0.3, 0.4) is 0 Å². The third-order valence-corrected chi connectivity index (χ3v) is 7.96.